The van der Waals surface area contributed by atoms with Crippen LogP contribution in [-0.2, 0) is 21.7 Å². The number of hydrogen-bond donors (Lipinski definition) is 3. The van der Waals surface area contributed by atoms with Gasteiger partial charge >= 0.3 is 0 Å². The number of aliphatic hydroxyl groups excluding tert-OH is 1. The van der Waals surface area contributed by atoms with E-state index < -0.39 is 17.4 Å². The molecule has 3 aromatic rings. The molecule has 9 nitrogen and oxygen atoms in total. The lowest BCUT2D eigenvalue weighted by atomic mass is 9.83. The number of ether oxygens (including phenoxy) is 1. The molecule has 0 aromatic heterocycles. The minimum Gasteiger partial charge on any atom is -0.497 e. The van der Waals surface area contributed by atoms with Crippen LogP contribution in [0.3, 0.4) is 0 Å². The predicted octanol–water partition coefficient (Wildman–Crippen LogP) is 4.90. The third-order valence-corrected chi connectivity index (χ3v) is 8.63. The van der Waals surface area contributed by atoms with Crippen LogP contribution in [0.1, 0.15) is 47.7 Å². The third-order valence-electron chi connectivity index (χ3n) is 8.39. The van der Waals surface area contributed by atoms with Gasteiger partial charge in [0.1, 0.15) is 5.75 Å². The fourth-order valence-electron chi connectivity index (χ4n) is 5.94. The van der Waals surface area contributed by atoms with Crippen molar-refractivity contribution < 1.29 is 29.3 Å². The summed E-state index contributed by atoms with van der Waals surface area (Å²) in [5.41, 5.74) is 0.800. The van der Waals surface area contributed by atoms with Gasteiger partial charge in [-0.3, -0.25) is 14.4 Å². The molecule has 5 rings (SSSR count). The second-order valence-electron chi connectivity index (χ2n) is 11.2. The number of likely N-dealkylation sites (tertiary alicyclic amines) is 1. The van der Waals surface area contributed by atoms with Gasteiger partial charge in [0.2, 0.25) is 5.91 Å². The quantitative estimate of drug-likeness (QED) is 0.279. The summed E-state index contributed by atoms with van der Waals surface area (Å²) in [5.74, 6) is -0.916. The van der Waals surface area contributed by atoms with Gasteiger partial charge in [0.25, 0.3) is 11.8 Å². The Bertz CT molecular complexity index is 1580. The van der Waals surface area contributed by atoms with Crippen molar-refractivity contribution in [3.8, 4) is 5.75 Å². The van der Waals surface area contributed by atoms with Gasteiger partial charge in [0, 0.05) is 40.7 Å². The number of nitrogens with zero attached hydrogens (tertiary/aromatic N) is 2. The van der Waals surface area contributed by atoms with E-state index in [1.165, 1.54) is 4.90 Å². The van der Waals surface area contributed by atoms with E-state index in [-0.39, 0.29) is 37.4 Å². The van der Waals surface area contributed by atoms with Gasteiger partial charge in [-0.15, -0.1) is 0 Å². The highest BCUT2D eigenvalue weighted by Gasteiger charge is 2.52. The van der Waals surface area contributed by atoms with Crippen molar-refractivity contribution in [3.05, 3.63) is 101 Å². The zero-order valence-corrected chi connectivity index (χ0v) is 25.5. The van der Waals surface area contributed by atoms with E-state index in [0.717, 1.165) is 18.4 Å². The van der Waals surface area contributed by atoms with Gasteiger partial charge in [-0.2, -0.15) is 0 Å². The fraction of sp³-hybridized carbons (Fsp3) is 0.324. The first-order chi connectivity index (χ1) is 21.1. The average molecular weight is 618 g/mol. The number of aliphatic hydroxyl groups is 2. The molecule has 2 heterocycles. The lowest BCUT2D eigenvalue weighted by molar-refractivity contribution is -0.139. The Morgan fingerprint density at radius 2 is 1.93 bits per heavy atom. The molecule has 3 atom stereocenters. The molecule has 0 unspecified atom stereocenters. The first kappa shape index (κ1) is 31.3. The van der Waals surface area contributed by atoms with E-state index in [2.05, 4.69) is 5.32 Å². The highest BCUT2D eigenvalue weighted by molar-refractivity contribution is 6.31. The van der Waals surface area contributed by atoms with E-state index in [1.54, 1.807) is 91.7 Å². The van der Waals surface area contributed by atoms with Crippen molar-refractivity contribution in [1.82, 2.24) is 4.90 Å². The van der Waals surface area contributed by atoms with Gasteiger partial charge in [-0.05, 0) is 73.0 Å². The normalized spacial score (nSPS) is 20.2. The van der Waals surface area contributed by atoms with Crippen molar-refractivity contribution in [3.63, 3.8) is 0 Å². The second-order valence-corrected chi connectivity index (χ2v) is 11.6. The number of rotatable bonds is 10. The lowest BCUT2D eigenvalue weighted by Crippen LogP contribution is -2.44. The number of methoxy groups -OCH3 is 1. The first-order valence-corrected chi connectivity index (χ1v) is 15.0. The summed E-state index contributed by atoms with van der Waals surface area (Å²) in [4.78, 5) is 42.7. The molecule has 3 N–H and O–H groups in total. The molecule has 2 aliphatic heterocycles. The molecule has 0 bridgehead atoms. The molecular weight excluding hydrogens is 582 g/mol. The van der Waals surface area contributed by atoms with E-state index in [4.69, 9.17) is 16.3 Å². The molecule has 44 heavy (non-hydrogen) atoms. The maximum atomic E-state index is 13.9. The number of nitrogens with one attached hydrogen (secondary N) is 1. The van der Waals surface area contributed by atoms with Crippen LogP contribution >= 0.6 is 11.6 Å². The van der Waals surface area contributed by atoms with Crippen LogP contribution < -0.4 is 15.0 Å². The van der Waals surface area contributed by atoms with E-state index in [0.29, 0.717) is 39.8 Å². The summed E-state index contributed by atoms with van der Waals surface area (Å²) in [7, 11) is 1.56. The Morgan fingerprint density at radius 1 is 1.16 bits per heavy atom. The molecule has 1 fully saturated rings. The molecular formula is C34H36ClN3O6. The average Bonchev–Trinajstić information content (AvgIpc) is 3.59. The van der Waals surface area contributed by atoms with E-state index in [1.807, 2.05) is 6.07 Å². The summed E-state index contributed by atoms with van der Waals surface area (Å²) in [6.07, 6.45) is 5.10. The number of fused-ring (bicyclic) bond motifs is 1. The summed E-state index contributed by atoms with van der Waals surface area (Å²) in [5, 5.41) is 24.8. The zero-order valence-electron chi connectivity index (χ0n) is 24.7. The molecule has 10 heteroatoms. The Hall–Kier alpha value is -4.18. The van der Waals surface area contributed by atoms with Crippen molar-refractivity contribution in [2.45, 2.75) is 44.4 Å². The highest BCUT2D eigenvalue weighted by atomic mass is 35.5. The topological polar surface area (TPSA) is 119 Å². The molecule has 1 saturated heterocycles. The van der Waals surface area contributed by atoms with Crippen LogP contribution in [-0.4, -0.2) is 59.1 Å². The number of anilines is 2. The number of benzene rings is 3. The van der Waals surface area contributed by atoms with Crippen molar-refractivity contribution in [2.24, 2.45) is 5.92 Å². The van der Waals surface area contributed by atoms with Gasteiger partial charge < -0.3 is 30.1 Å². The second kappa shape index (κ2) is 13.2. The molecule has 3 aromatic carbocycles. The smallest absolute Gasteiger partial charge is 0.264 e. The number of carbonyl (C=O) groups is 3. The first-order valence-electron chi connectivity index (χ1n) is 14.6. The summed E-state index contributed by atoms with van der Waals surface area (Å²) in [6.45, 7) is 2.43. The molecule has 0 saturated carbocycles. The Balaban J connectivity index is 1.32. The van der Waals surface area contributed by atoms with Gasteiger partial charge in [0.15, 0.2) is 5.60 Å². The van der Waals surface area contributed by atoms with E-state index >= 15 is 0 Å². The molecule has 0 spiro atoms. The monoisotopic (exact) mass is 617 g/mol. The minimum atomic E-state index is -1.90. The lowest BCUT2D eigenvalue weighted by Gasteiger charge is -2.28. The minimum absolute atomic E-state index is 0.0641. The predicted molar refractivity (Wildman–Crippen MR) is 169 cm³/mol. The Labute approximate surface area is 261 Å². The van der Waals surface area contributed by atoms with Crippen LogP contribution in [0.5, 0.6) is 5.75 Å². The Kier molecular flexibility index (Phi) is 9.39. The van der Waals surface area contributed by atoms with Crippen LogP contribution in [0.25, 0.3) is 0 Å². The molecule has 230 valence electrons. The van der Waals surface area contributed by atoms with Crippen LogP contribution in [0.15, 0.2) is 78.9 Å². The van der Waals surface area contributed by atoms with Gasteiger partial charge in [-0.25, -0.2) is 0 Å². The molecule has 2 aliphatic rings. The summed E-state index contributed by atoms with van der Waals surface area (Å²) >= 11 is 6.32. The zero-order chi connectivity index (χ0) is 31.4. The van der Waals surface area contributed by atoms with Crippen molar-refractivity contribution >= 4 is 40.7 Å². The SMILES string of the molecule is COc1ccc(C(=O)Nc2cccc(CN3C(=O)[C@](O)([C@H](C)/C=C/CC(=O)N4CCC[C@H]4CO)c4cc(Cl)ccc43)c2)cc1. The number of carbonyl (C=O) groups excluding carboxylic acids is 3. The van der Waals surface area contributed by atoms with Crippen LogP contribution in [0.4, 0.5) is 11.4 Å². The van der Waals surface area contributed by atoms with Crippen LogP contribution in [0, 0.1) is 5.92 Å². The maximum Gasteiger partial charge on any atom is 0.264 e. The number of amides is 3. The summed E-state index contributed by atoms with van der Waals surface area (Å²) in [6, 6.07) is 18.8. The van der Waals surface area contributed by atoms with Gasteiger partial charge in [0.05, 0.1) is 32.0 Å². The highest BCUT2D eigenvalue weighted by Crippen LogP contribution is 2.46. The standard InChI is InChI=1S/C34H36ClN3O6/c1-22(6-3-10-31(40)37-17-5-9-27(37)21-39)34(43)29-19-25(35)13-16-30(29)38(33(34)42)20-23-7-4-8-26(18-23)36-32(41)24-11-14-28(44-2)15-12-24/h3-4,6-8,11-16,18-19,22,27,39,43H,5,9-10,17,20-21H2,1-2H3,(H,36,41)/b6-3+/t22-,27+,34+/m1/s1. The van der Waals surface area contributed by atoms with Crippen molar-refractivity contribution in [1.29, 1.82) is 0 Å². The fourth-order valence-corrected chi connectivity index (χ4v) is 6.11. The summed E-state index contributed by atoms with van der Waals surface area (Å²) < 4.78 is 5.16. The van der Waals surface area contributed by atoms with E-state index in [9.17, 15) is 24.6 Å². The number of hydrogen-bond acceptors (Lipinski definition) is 6. The molecule has 0 aliphatic carbocycles. The molecule has 0 radical (unpaired) electrons. The largest absolute Gasteiger partial charge is 0.497 e. The van der Waals surface area contributed by atoms with Crippen molar-refractivity contribution in [2.75, 3.05) is 30.5 Å². The maximum absolute atomic E-state index is 13.9. The van der Waals surface area contributed by atoms with Crippen LogP contribution in [0.2, 0.25) is 5.02 Å². The Morgan fingerprint density at radius 3 is 2.66 bits per heavy atom. The third kappa shape index (κ3) is 6.22. The number of halogens is 1. The molecule has 3 amide bonds. The van der Waals surface area contributed by atoms with Gasteiger partial charge in [-0.1, -0.05) is 42.8 Å².